The fourth-order valence-corrected chi connectivity index (χ4v) is 3.36. The standard InChI is InChI=1S/C16H15FN4O/c1-9-6-12-14(13(22)7-9)15(10-2-4-11(17)5-3-10)21-16(20-12)18-8-19-21/h2-6,8-9,14-15H,7H2,1H3,(H,18,19,20)/t9-,14-,15-/m0/s1. The van der Waals surface area contributed by atoms with Crippen LogP contribution < -0.4 is 5.32 Å². The Morgan fingerprint density at radius 3 is 2.86 bits per heavy atom. The topological polar surface area (TPSA) is 59.8 Å². The summed E-state index contributed by atoms with van der Waals surface area (Å²) in [5.74, 6) is 0.369. The number of carbonyl (C=O) groups excluding carboxylic acids is 1. The summed E-state index contributed by atoms with van der Waals surface area (Å²) in [6, 6.07) is 5.95. The first-order valence-electron chi connectivity index (χ1n) is 7.30. The van der Waals surface area contributed by atoms with Crippen LogP contribution in [0.25, 0.3) is 0 Å². The number of carbonyl (C=O) groups is 1. The highest BCUT2D eigenvalue weighted by molar-refractivity contribution is 5.87. The highest BCUT2D eigenvalue weighted by Crippen LogP contribution is 2.41. The van der Waals surface area contributed by atoms with Gasteiger partial charge in [-0.15, -0.1) is 0 Å². The van der Waals surface area contributed by atoms with Crippen LogP contribution in [0.2, 0.25) is 0 Å². The second kappa shape index (κ2) is 4.76. The van der Waals surface area contributed by atoms with Crippen LogP contribution in [-0.4, -0.2) is 20.5 Å². The van der Waals surface area contributed by atoms with Crippen molar-refractivity contribution in [2.75, 3.05) is 5.32 Å². The zero-order valence-corrected chi connectivity index (χ0v) is 12.0. The molecule has 0 bridgehead atoms. The number of fused-ring (bicyclic) bond motifs is 2. The summed E-state index contributed by atoms with van der Waals surface area (Å²) in [5, 5.41) is 7.46. The zero-order valence-electron chi connectivity index (χ0n) is 12.0. The van der Waals surface area contributed by atoms with Gasteiger partial charge in [-0.3, -0.25) is 4.79 Å². The monoisotopic (exact) mass is 298 g/mol. The number of nitrogens with zero attached hydrogens (tertiary/aromatic N) is 3. The van der Waals surface area contributed by atoms with Gasteiger partial charge in [0.1, 0.15) is 17.9 Å². The van der Waals surface area contributed by atoms with Crippen molar-refractivity contribution in [3.05, 3.63) is 53.7 Å². The zero-order chi connectivity index (χ0) is 15.3. The van der Waals surface area contributed by atoms with Crippen LogP contribution >= 0.6 is 0 Å². The molecule has 0 unspecified atom stereocenters. The Morgan fingerprint density at radius 2 is 2.09 bits per heavy atom. The molecule has 1 aliphatic carbocycles. The Bertz CT molecular complexity index is 765. The van der Waals surface area contributed by atoms with E-state index in [2.05, 4.69) is 21.5 Å². The number of allylic oxidation sites excluding steroid dienone is 2. The van der Waals surface area contributed by atoms with E-state index >= 15 is 0 Å². The number of rotatable bonds is 1. The quantitative estimate of drug-likeness (QED) is 0.879. The van der Waals surface area contributed by atoms with Crippen LogP contribution in [0.3, 0.4) is 0 Å². The minimum Gasteiger partial charge on any atom is -0.328 e. The van der Waals surface area contributed by atoms with Gasteiger partial charge in [0.05, 0.1) is 12.0 Å². The third kappa shape index (κ3) is 1.94. The molecule has 1 N–H and O–H groups in total. The lowest BCUT2D eigenvalue weighted by molar-refractivity contribution is -0.123. The van der Waals surface area contributed by atoms with Gasteiger partial charge in [0.2, 0.25) is 5.95 Å². The molecule has 2 heterocycles. The number of anilines is 1. The fourth-order valence-electron chi connectivity index (χ4n) is 3.36. The normalized spacial score (nSPS) is 26.7. The molecule has 0 amide bonds. The van der Waals surface area contributed by atoms with Crippen LogP contribution in [0.4, 0.5) is 10.3 Å². The molecular weight excluding hydrogens is 283 g/mol. The summed E-state index contributed by atoms with van der Waals surface area (Å²) in [6.07, 6.45) is 4.06. The highest BCUT2D eigenvalue weighted by Gasteiger charge is 2.42. The Hall–Kier alpha value is -2.50. The van der Waals surface area contributed by atoms with Gasteiger partial charge < -0.3 is 5.32 Å². The second-order valence-corrected chi connectivity index (χ2v) is 5.90. The van der Waals surface area contributed by atoms with Crippen molar-refractivity contribution in [2.24, 2.45) is 11.8 Å². The van der Waals surface area contributed by atoms with E-state index in [1.54, 1.807) is 16.8 Å². The summed E-state index contributed by atoms with van der Waals surface area (Å²) >= 11 is 0. The Balaban J connectivity index is 1.88. The SMILES string of the molecule is C[C@H]1C=C2Nc3ncnn3[C@@H](c3ccc(F)cc3)[C@@H]2C(=O)C1. The number of Topliss-reactive ketones (excluding diaryl/α,β-unsaturated/α-hetero) is 1. The lowest BCUT2D eigenvalue weighted by Crippen LogP contribution is -2.40. The van der Waals surface area contributed by atoms with Crippen molar-refractivity contribution in [2.45, 2.75) is 19.4 Å². The molecule has 6 heteroatoms. The first-order chi connectivity index (χ1) is 10.6. The number of nitrogens with one attached hydrogen (secondary N) is 1. The van der Waals surface area contributed by atoms with Gasteiger partial charge in [-0.05, 0) is 23.6 Å². The number of hydrogen-bond donors (Lipinski definition) is 1. The molecule has 112 valence electrons. The van der Waals surface area contributed by atoms with E-state index in [0.717, 1.165) is 11.3 Å². The molecule has 1 aliphatic heterocycles. The molecule has 0 fully saturated rings. The third-order valence-electron chi connectivity index (χ3n) is 4.29. The van der Waals surface area contributed by atoms with E-state index in [4.69, 9.17) is 0 Å². The van der Waals surface area contributed by atoms with Gasteiger partial charge in [-0.1, -0.05) is 25.1 Å². The number of benzene rings is 1. The van der Waals surface area contributed by atoms with E-state index in [-0.39, 0.29) is 29.5 Å². The van der Waals surface area contributed by atoms with Crippen LogP contribution in [-0.2, 0) is 4.79 Å². The van der Waals surface area contributed by atoms with Crippen molar-refractivity contribution in [3.8, 4) is 0 Å². The predicted octanol–water partition coefficient (Wildman–Crippen LogP) is 2.54. The van der Waals surface area contributed by atoms with Gasteiger partial charge in [-0.25, -0.2) is 9.07 Å². The van der Waals surface area contributed by atoms with E-state index in [1.165, 1.54) is 18.5 Å². The van der Waals surface area contributed by atoms with Crippen LogP contribution in [0, 0.1) is 17.7 Å². The van der Waals surface area contributed by atoms with Crippen molar-refractivity contribution in [1.82, 2.24) is 14.8 Å². The minimum atomic E-state index is -0.323. The maximum absolute atomic E-state index is 13.2. The molecule has 0 saturated heterocycles. The van der Waals surface area contributed by atoms with Crippen molar-refractivity contribution in [1.29, 1.82) is 0 Å². The molecule has 0 saturated carbocycles. The lowest BCUT2D eigenvalue weighted by Gasteiger charge is -2.37. The van der Waals surface area contributed by atoms with Crippen LogP contribution in [0.5, 0.6) is 0 Å². The Labute approximate surface area is 126 Å². The Kier molecular flexibility index (Phi) is 2.85. The predicted molar refractivity (Wildman–Crippen MR) is 78.5 cm³/mol. The van der Waals surface area contributed by atoms with Crippen molar-refractivity contribution < 1.29 is 9.18 Å². The van der Waals surface area contributed by atoms with E-state index in [0.29, 0.717) is 12.4 Å². The number of hydrogen-bond acceptors (Lipinski definition) is 4. The average Bonchev–Trinajstić information content (AvgIpc) is 2.93. The van der Waals surface area contributed by atoms with Gasteiger partial charge in [0.25, 0.3) is 0 Å². The van der Waals surface area contributed by atoms with Crippen molar-refractivity contribution >= 4 is 11.7 Å². The maximum atomic E-state index is 13.2. The summed E-state index contributed by atoms with van der Waals surface area (Å²) in [5.41, 5.74) is 1.73. The second-order valence-electron chi connectivity index (χ2n) is 5.90. The minimum absolute atomic E-state index is 0.174. The number of aromatic nitrogens is 3. The molecule has 5 nitrogen and oxygen atoms in total. The fraction of sp³-hybridized carbons (Fsp3) is 0.312. The Morgan fingerprint density at radius 1 is 1.32 bits per heavy atom. The van der Waals surface area contributed by atoms with Gasteiger partial charge in [0.15, 0.2) is 0 Å². The van der Waals surface area contributed by atoms with E-state index < -0.39 is 0 Å². The van der Waals surface area contributed by atoms with Crippen molar-refractivity contribution in [3.63, 3.8) is 0 Å². The molecule has 3 atom stereocenters. The van der Waals surface area contributed by atoms with Gasteiger partial charge in [0, 0.05) is 12.1 Å². The third-order valence-corrected chi connectivity index (χ3v) is 4.29. The summed E-state index contributed by atoms with van der Waals surface area (Å²) in [7, 11) is 0. The molecular formula is C16H15FN4O. The average molecular weight is 298 g/mol. The van der Waals surface area contributed by atoms with E-state index in [9.17, 15) is 9.18 Å². The largest absolute Gasteiger partial charge is 0.328 e. The van der Waals surface area contributed by atoms with Crippen LogP contribution in [0.15, 0.2) is 42.4 Å². The smallest absolute Gasteiger partial charge is 0.226 e. The molecule has 4 rings (SSSR count). The van der Waals surface area contributed by atoms with E-state index in [1.807, 2.05) is 6.92 Å². The molecule has 1 aromatic carbocycles. The summed E-state index contributed by atoms with van der Waals surface area (Å²) in [4.78, 5) is 16.8. The molecule has 0 spiro atoms. The molecule has 1 aromatic heterocycles. The first kappa shape index (κ1) is 13.2. The molecule has 22 heavy (non-hydrogen) atoms. The lowest BCUT2D eigenvalue weighted by atomic mass is 9.78. The number of halogens is 1. The molecule has 2 aliphatic rings. The van der Waals surface area contributed by atoms with Gasteiger partial charge >= 0.3 is 0 Å². The van der Waals surface area contributed by atoms with Crippen LogP contribution in [0.1, 0.15) is 24.9 Å². The first-order valence-corrected chi connectivity index (χ1v) is 7.30. The number of ketones is 1. The summed E-state index contributed by atoms with van der Waals surface area (Å²) in [6.45, 7) is 2.02. The van der Waals surface area contributed by atoms with Gasteiger partial charge in [-0.2, -0.15) is 10.1 Å². The molecule has 0 radical (unpaired) electrons. The molecule has 2 aromatic rings. The highest BCUT2D eigenvalue weighted by atomic mass is 19.1. The maximum Gasteiger partial charge on any atom is 0.226 e. The summed E-state index contributed by atoms with van der Waals surface area (Å²) < 4.78 is 14.9.